The Kier molecular flexibility index (Phi) is 4.76. The average Bonchev–Trinajstić information content (AvgIpc) is 2.83. The molecule has 6 heteroatoms. The lowest BCUT2D eigenvalue weighted by atomic mass is 9.97. The van der Waals surface area contributed by atoms with E-state index in [4.69, 9.17) is 5.73 Å². The van der Waals surface area contributed by atoms with Crippen molar-refractivity contribution >= 4 is 17.0 Å². The molecule has 1 unspecified atom stereocenters. The highest BCUT2D eigenvalue weighted by atomic mass is 16.1. The number of fused-ring (bicyclic) bond motifs is 1. The second-order valence-electron chi connectivity index (χ2n) is 5.23. The maximum absolute atomic E-state index is 11.3. The summed E-state index contributed by atoms with van der Waals surface area (Å²) in [5.74, 6) is 1.56. The molecule has 0 bridgehead atoms. The first kappa shape index (κ1) is 14.6. The average molecular weight is 277 g/mol. The molecule has 0 saturated carbocycles. The zero-order valence-electron chi connectivity index (χ0n) is 12.2. The minimum absolute atomic E-state index is 0.305. The molecule has 2 aromatic heterocycles. The molecular formula is C14H23N5O. The first-order valence-electron chi connectivity index (χ1n) is 7.41. The van der Waals surface area contributed by atoms with Crippen molar-refractivity contribution < 1.29 is 0 Å². The molecule has 0 aliphatic rings. The van der Waals surface area contributed by atoms with Gasteiger partial charge in [0, 0.05) is 5.92 Å². The highest BCUT2D eigenvalue weighted by Gasteiger charge is 2.16. The number of aromatic amines is 2. The van der Waals surface area contributed by atoms with Gasteiger partial charge >= 0.3 is 5.69 Å². The first-order chi connectivity index (χ1) is 9.65. The zero-order valence-corrected chi connectivity index (χ0v) is 12.2. The number of hydrogen-bond donors (Lipinski definition) is 3. The molecule has 4 N–H and O–H groups in total. The second kappa shape index (κ2) is 6.54. The molecular weight excluding hydrogens is 254 g/mol. The summed E-state index contributed by atoms with van der Waals surface area (Å²) in [5.41, 5.74) is 6.37. The van der Waals surface area contributed by atoms with Gasteiger partial charge in [-0.1, -0.05) is 39.5 Å². The number of nitrogens with one attached hydrogen (secondary N) is 2. The number of nitrogens with zero attached hydrogens (tertiary/aromatic N) is 2. The molecule has 0 aromatic carbocycles. The fraction of sp³-hybridized carbons (Fsp3) is 0.643. The Labute approximate surface area is 118 Å². The SMILES string of the molecule is CCCCCCC(CC)c1nc2nc(=O)[nH]c(N)c2[nH]1. The van der Waals surface area contributed by atoms with Crippen LogP contribution in [0.2, 0.25) is 0 Å². The summed E-state index contributed by atoms with van der Waals surface area (Å²) in [5, 5.41) is 0. The number of hydrogen-bond acceptors (Lipinski definition) is 4. The van der Waals surface area contributed by atoms with E-state index in [9.17, 15) is 4.79 Å². The third kappa shape index (κ3) is 3.18. The van der Waals surface area contributed by atoms with Crippen LogP contribution in [-0.2, 0) is 0 Å². The summed E-state index contributed by atoms with van der Waals surface area (Å²) in [4.78, 5) is 25.3. The summed E-state index contributed by atoms with van der Waals surface area (Å²) in [7, 11) is 0. The maximum Gasteiger partial charge on any atom is 0.348 e. The van der Waals surface area contributed by atoms with Crippen LogP contribution in [0.1, 0.15) is 64.1 Å². The molecule has 0 aliphatic heterocycles. The normalized spacial score (nSPS) is 12.9. The smallest absolute Gasteiger partial charge is 0.348 e. The lowest BCUT2D eigenvalue weighted by molar-refractivity contribution is 0.526. The number of anilines is 1. The monoisotopic (exact) mass is 277 g/mol. The van der Waals surface area contributed by atoms with Crippen LogP contribution in [0.4, 0.5) is 5.82 Å². The molecule has 0 radical (unpaired) electrons. The molecule has 0 fully saturated rings. The number of nitrogens with two attached hydrogens (primary N) is 1. The Morgan fingerprint density at radius 1 is 1.15 bits per heavy atom. The Bertz CT molecular complexity index is 616. The number of unbranched alkanes of at least 4 members (excludes halogenated alkanes) is 3. The fourth-order valence-electron chi connectivity index (χ4n) is 2.50. The third-order valence-electron chi connectivity index (χ3n) is 3.71. The van der Waals surface area contributed by atoms with Crippen molar-refractivity contribution in [2.45, 2.75) is 58.3 Å². The van der Waals surface area contributed by atoms with Gasteiger partial charge in [-0.15, -0.1) is 0 Å². The van der Waals surface area contributed by atoms with Gasteiger partial charge in [-0.2, -0.15) is 4.98 Å². The van der Waals surface area contributed by atoms with Gasteiger partial charge in [-0.3, -0.25) is 4.98 Å². The van der Waals surface area contributed by atoms with Crippen molar-refractivity contribution in [1.82, 2.24) is 19.9 Å². The van der Waals surface area contributed by atoms with Gasteiger partial charge in [-0.25, -0.2) is 9.78 Å². The van der Waals surface area contributed by atoms with Crippen LogP contribution in [0, 0.1) is 0 Å². The van der Waals surface area contributed by atoms with Crippen molar-refractivity contribution in [2.75, 3.05) is 5.73 Å². The Hall–Kier alpha value is -1.85. The molecule has 1 atom stereocenters. The largest absolute Gasteiger partial charge is 0.383 e. The predicted octanol–water partition coefficient (Wildman–Crippen LogP) is 2.69. The topological polar surface area (TPSA) is 100 Å². The molecule has 20 heavy (non-hydrogen) atoms. The number of aromatic nitrogens is 4. The van der Waals surface area contributed by atoms with E-state index in [0.717, 1.165) is 18.7 Å². The van der Waals surface area contributed by atoms with Crippen molar-refractivity contribution in [1.29, 1.82) is 0 Å². The Morgan fingerprint density at radius 2 is 1.95 bits per heavy atom. The van der Waals surface area contributed by atoms with Gasteiger partial charge < -0.3 is 10.7 Å². The van der Waals surface area contributed by atoms with Crippen molar-refractivity contribution in [2.24, 2.45) is 0 Å². The van der Waals surface area contributed by atoms with Crippen LogP contribution < -0.4 is 11.4 Å². The number of nitrogen functional groups attached to an aromatic ring is 1. The quantitative estimate of drug-likeness (QED) is 0.677. The molecule has 2 heterocycles. The number of H-pyrrole nitrogens is 2. The standard InChI is InChI=1S/C14H23N5O/c1-3-5-6-7-8-9(4-2)12-16-10-11(15)17-14(20)19-13(10)18-12/h9H,3-8H2,1-2H3,(H4,15,16,17,18,19,20). The van der Waals surface area contributed by atoms with Gasteiger partial charge in [0.2, 0.25) is 0 Å². The van der Waals surface area contributed by atoms with Crippen molar-refractivity contribution in [3.05, 3.63) is 16.3 Å². The van der Waals surface area contributed by atoms with Gasteiger partial charge in [-0.05, 0) is 12.8 Å². The van der Waals surface area contributed by atoms with E-state index in [1.807, 2.05) is 0 Å². The van der Waals surface area contributed by atoms with E-state index in [2.05, 4.69) is 33.8 Å². The Morgan fingerprint density at radius 3 is 2.65 bits per heavy atom. The van der Waals surface area contributed by atoms with E-state index >= 15 is 0 Å². The predicted molar refractivity (Wildman–Crippen MR) is 80.7 cm³/mol. The summed E-state index contributed by atoms with van der Waals surface area (Å²) in [6, 6.07) is 0. The fourth-order valence-corrected chi connectivity index (χ4v) is 2.50. The van der Waals surface area contributed by atoms with Crippen LogP contribution in [0.15, 0.2) is 4.79 Å². The lowest BCUT2D eigenvalue weighted by Gasteiger charge is -2.11. The molecule has 2 aromatic rings. The number of imidazole rings is 1. The first-order valence-corrected chi connectivity index (χ1v) is 7.41. The summed E-state index contributed by atoms with van der Waals surface area (Å²) >= 11 is 0. The van der Waals surface area contributed by atoms with Crippen LogP contribution in [-0.4, -0.2) is 19.9 Å². The van der Waals surface area contributed by atoms with Crippen molar-refractivity contribution in [3.63, 3.8) is 0 Å². The van der Waals surface area contributed by atoms with E-state index in [-0.39, 0.29) is 0 Å². The highest BCUT2D eigenvalue weighted by molar-refractivity contribution is 5.81. The van der Waals surface area contributed by atoms with Crippen molar-refractivity contribution in [3.8, 4) is 0 Å². The van der Waals surface area contributed by atoms with Crippen LogP contribution in [0.3, 0.4) is 0 Å². The van der Waals surface area contributed by atoms with E-state index < -0.39 is 5.69 Å². The molecule has 0 saturated heterocycles. The molecule has 110 valence electrons. The third-order valence-corrected chi connectivity index (χ3v) is 3.71. The molecule has 0 spiro atoms. The summed E-state index contributed by atoms with van der Waals surface area (Å²) < 4.78 is 0. The van der Waals surface area contributed by atoms with Gasteiger partial charge in [0.15, 0.2) is 5.65 Å². The molecule has 2 rings (SSSR count). The Balaban J connectivity index is 2.17. The van der Waals surface area contributed by atoms with E-state index in [0.29, 0.717) is 22.9 Å². The van der Waals surface area contributed by atoms with E-state index in [1.54, 1.807) is 0 Å². The maximum atomic E-state index is 11.3. The zero-order chi connectivity index (χ0) is 14.5. The number of rotatable bonds is 7. The molecule has 0 aliphatic carbocycles. The lowest BCUT2D eigenvalue weighted by Crippen LogP contribution is -2.12. The van der Waals surface area contributed by atoms with Gasteiger partial charge in [0.1, 0.15) is 17.2 Å². The summed E-state index contributed by atoms with van der Waals surface area (Å²) in [6.07, 6.45) is 7.09. The van der Waals surface area contributed by atoms with Crippen LogP contribution >= 0.6 is 0 Å². The van der Waals surface area contributed by atoms with E-state index in [1.165, 1.54) is 25.7 Å². The summed E-state index contributed by atoms with van der Waals surface area (Å²) in [6.45, 7) is 4.36. The molecule has 6 nitrogen and oxygen atoms in total. The minimum atomic E-state index is -0.455. The molecule has 0 amide bonds. The van der Waals surface area contributed by atoms with Gasteiger partial charge in [0.25, 0.3) is 0 Å². The second-order valence-corrected chi connectivity index (χ2v) is 5.23. The van der Waals surface area contributed by atoms with Crippen LogP contribution in [0.5, 0.6) is 0 Å². The van der Waals surface area contributed by atoms with Gasteiger partial charge in [0.05, 0.1) is 0 Å². The van der Waals surface area contributed by atoms with Crippen LogP contribution in [0.25, 0.3) is 11.2 Å². The minimum Gasteiger partial charge on any atom is -0.383 e. The highest BCUT2D eigenvalue weighted by Crippen LogP contribution is 2.26.